The normalized spacial score (nSPS) is 13.5. The second kappa shape index (κ2) is 32.2. The fourth-order valence-electron chi connectivity index (χ4n) is 28.6. The second-order valence-corrected chi connectivity index (χ2v) is 41.4. The fraction of sp³-hybridized carbons (Fsp3) is 0.0272. The summed E-state index contributed by atoms with van der Waals surface area (Å²) in [5.41, 5.74) is 45.6. The van der Waals surface area contributed by atoms with E-state index in [9.17, 15) is 0 Å². The molecule has 0 saturated heterocycles. The predicted octanol–water partition coefficient (Wildman–Crippen LogP) is 37.6. The summed E-state index contributed by atoms with van der Waals surface area (Å²) in [5, 5.41) is 25.5. The third-order valence-corrected chi connectivity index (χ3v) is 34.4. The molecule has 0 amide bonds. The molecular weight excluding hydrogens is 1810 g/mol. The molecule has 3 heteroatoms. The number of hydrogen-bond donors (Lipinski definition) is 0. The summed E-state index contributed by atoms with van der Waals surface area (Å²) >= 11 is 0. The van der Waals surface area contributed by atoms with Crippen LogP contribution in [0.25, 0.3) is 242 Å². The molecule has 0 N–H and O–H groups in total. The number of fused-ring (bicyclic) bond motifs is 37. The Bertz CT molecular complexity index is 10500. The highest BCUT2D eigenvalue weighted by Crippen LogP contribution is 2.68. The van der Waals surface area contributed by atoms with E-state index in [1.807, 2.05) is 18.6 Å². The van der Waals surface area contributed by atoms with Gasteiger partial charge in [-0.2, -0.15) is 0 Å². The summed E-state index contributed by atoms with van der Waals surface area (Å²) in [7, 11) is 0. The quantitative estimate of drug-likeness (QED) is 0.123. The van der Waals surface area contributed by atoms with E-state index in [0.29, 0.717) is 0 Å². The van der Waals surface area contributed by atoms with E-state index in [1.54, 1.807) is 0 Å². The number of aryl methyl sites for hydroxylation is 1. The Hall–Kier alpha value is -19.2. The third kappa shape index (κ3) is 11.4. The van der Waals surface area contributed by atoms with E-state index in [0.717, 1.165) is 17.1 Å². The molecule has 25 aromatic carbocycles. The summed E-state index contributed by atoms with van der Waals surface area (Å²) in [6.45, 7) is 2.16. The van der Waals surface area contributed by atoms with Crippen LogP contribution in [0.2, 0.25) is 0 Å². The van der Waals surface area contributed by atoms with Crippen molar-refractivity contribution in [3.8, 4) is 134 Å². The van der Waals surface area contributed by atoms with E-state index in [-0.39, 0.29) is 5.41 Å². The zero-order chi connectivity index (χ0) is 98.3. The molecule has 150 heavy (non-hydrogen) atoms. The lowest BCUT2D eigenvalue weighted by atomic mass is 9.70. The van der Waals surface area contributed by atoms with Crippen molar-refractivity contribution in [3.05, 3.63) is 594 Å². The van der Waals surface area contributed by atoms with Crippen LogP contribution in [0, 0.1) is 6.92 Å². The number of benzene rings is 25. The van der Waals surface area contributed by atoms with Crippen molar-refractivity contribution in [1.82, 2.24) is 15.0 Å². The van der Waals surface area contributed by atoms with Crippen LogP contribution in [0.1, 0.15) is 72.3 Å². The first-order chi connectivity index (χ1) is 74.4. The molecule has 0 aliphatic heterocycles. The monoisotopic (exact) mass is 1900 g/mol. The van der Waals surface area contributed by atoms with Gasteiger partial charge in [0.25, 0.3) is 0 Å². The summed E-state index contributed by atoms with van der Waals surface area (Å²) in [5.74, 6) is 0. The third-order valence-electron chi connectivity index (χ3n) is 34.4. The molecule has 6 aliphatic carbocycles. The second-order valence-electron chi connectivity index (χ2n) is 41.4. The van der Waals surface area contributed by atoms with Gasteiger partial charge in [0, 0.05) is 35.3 Å². The van der Waals surface area contributed by atoms with Gasteiger partial charge in [-0.05, 0) is 311 Å². The summed E-state index contributed by atoms with van der Waals surface area (Å²) in [4.78, 5) is 15.4. The number of hydrogen-bond acceptors (Lipinski definition) is 3. The minimum atomic E-state index is -0.443. The smallest absolute Gasteiger partial charge is 0.0759 e. The average molecular weight is 1900 g/mol. The standard InChI is InChI=1S/C50H29N.C49H31N.C48H29N/c1-2-11-34-30(9-1)10-7-14-36(34)37-24-19-32-20-25-40-35(23-18-31-21-26-41(37)48(32)47(31)40)33-22-27-45-42(29-33)49-46(17-8-28-51-49)50(45)43-15-5-3-12-38(43)39-13-4-6-16-44(39)50;1-30-27-45-48(50-29-30)41-26-25-32(28-44(41)49(45)42-23-10-8-16-34(42)35-17-9-11-24-43(35)49)46-37-18-4-6-20-39(37)47(40-21-7-5-19-38(40)46)36-22-12-14-31-13-2-3-15-33(31)36;1-2-16-31-30(14-1)15-11-23-34(31)44-35-19-3-5-21-37(35)45(38-22-6-4-20-36(38)44)39-24-12-27-42-46(39)47-43(28-13-29-49-47)48(42)40-25-9-7-17-32(40)33-18-8-10-26-41(33)48/h1-29H;2-29H,1H3;1-29H. The Morgan fingerprint density at radius 1 is 0.147 bits per heavy atom. The Balaban J connectivity index is 0.0000000993. The lowest BCUT2D eigenvalue weighted by Crippen LogP contribution is -2.26. The van der Waals surface area contributed by atoms with Crippen molar-refractivity contribution < 1.29 is 0 Å². The van der Waals surface area contributed by atoms with Crippen molar-refractivity contribution in [2.75, 3.05) is 0 Å². The van der Waals surface area contributed by atoms with E-state index < -0.39 is 10.8 Å². The van der Waals surface area contributed by atoms with Crippen molar-refractivity contribution in [2.45, 2.75) is 23.2 Å². The molecule has 692 valence electrons. The molecular formula is C147H89N3. The van der Waals surface area contributed by atoms with Crippen LogP contribution in [0.15, 0.2) is 522 Å². The van der Waals surface area contributed by atoms with Crippen molar-refractivity contribution >= 4 is 108 Å². The molecule has 0 saturated carbocycles. The van der Waals surface area contributed by atoms with Gasteiger partial charge >= 0.3 is 0 Å². The van der Waals surface area contributed by atoms with Gasteiger partial charge in [0.05, 0.1) is 33.3 Å². The fourth-order valence-corrected chi connectivity index (χ4v) is 28.6. The molecule has 28 aromatic rings. The van der Waals surface area contributed by atoms with Crippen LogP contribution in [-0.4, -0.2) is 15.0 Å². The van der Waals surface area contributed by atoms with Crippen molar-refractivity contribution in [3.63, 3.8) is 0 Å². The molecule has 34 rings (SSSR count). The lowest BCUT2D eigenvalue weighted by Gasteiger charge is -2.30. The Morgan fingerprint density at radius 2 is 0.453 bits per heavy atom. The highest BCUT2D eigenvalue weighted by Gasteiger charge is 2.56. The van der Waals surface area contributed by atoms with Gasteiger partial charge in [0.15, 0.2) is 0 Å². The first-order valence-electron chi connectivity index (χ1n) is 52.3. The maximum atomic E-state index is 5.21. The molecule has 6 aliphatic rings. The number of aromatic nitrogens is 3. The highest BCUT2D eigenvalue weighted by molar-refractivity contribution is 6.30. The molecule has 3 heterocycles. The average Bonchev–Trinajstić information content (AvgIpc) is 1.51. The lowest BCUT2D eigenvalue weighted by molar-refractivity contribution is 0.790. The van der Waals surface area contributed by atoms with Crippen molar-refractivity contribution in [2.24, 2.45) is 0 Å². The first kappa shape index (κ1) is 84.2. The van der Waals surface area contributed by atoms with Crippen LogP contribution in [0.4, 0.5) is 0 Å². The molecule has 0 unspecified atom stereocenters. The first-order valence-corrected chi connectivity index (χ1v) is 52.3. The Kier molecular flexibility index (Phi) is 18.0. The van der Waals surface area contributed by atoms with Gasteiger partial charge in [-0.3, -0.25) is 15.0 Å². The molecule has 0 bridgehead atoms. The molecule has 3 aromatic heterocycles. The van der Waals surface area contributed by atoms with E-state index in [4.69, 9.17) is 15.0 Å². The molecule has 0 radical (unpaired) electrons. The van der Waals surface area contributed by atoms with E-state index in [2.05, 4.69) is 510 Å². The van der Waals surface area contributed by atoms with Gasteiger partial charge < -0.3 is 0 Å². The summed E-state index contributed by atoms with van der Waals surface area (Å²) < 4.78 is 0. The van der Waals surface area contributed by atoms with Gasteiger partial charge in [-0.15, -0.1) is 0 Å². The number of rotatable bonds is 6. The van der Waals surface area contributed by atoms with Gasteiger partial charge in [-0.1, -0.05) is 479 Å². The van der Waals surface area contributed by atoms with Crippen LogP contribution >= 0.6 is 0 Å². The zero-order valence-corrected chi connectivity index (χ0v) is 82.0. The summed E-state index contributed by atoms with van der Waals surface area (Å²) in [6.07, 6.45) is 5.94. The molecule has 3 nitrogen and oxygen atoms in total. The molecule has 0 fully saturated rings. The SMILES string of the molecule is Cc1cnc2c(c1)C1(c3ccccc3-c3ccccc31)c1cc(-c3c4ccccc4c(-c4cccc5ccccc45)c4ccccc34)ccc1-2.c1ccc2c(c1)-c1ccccc1C21c2ccc(-c3ccc4ccc5c(-c6cccc7ccccc67)ccc6ccc3c4c65)cc2-c2ncccc21.c1ccc2c(c1)-c1ccccc1C21c2cccnc2-c2c(-c3c4ccccc4c(-c4cccc5ccccc45)c4ccccc34)cccc21. The van der Waals surface area contributed by atoms with Gasteiger partial charge in [0.2, 0.25) is 0 Å². The predicted molar refractivity (Wildman–Crippen MR) is 625 cm³/mol. The topological polar surface area (TPSA) is 38.7 Å². The van der Waals surface area contributed by atoms with Gasteiger partial charge in [0.1, 0.15) is 0 Å². The van der Waals surface area contributed by atoms with E-state index >= 15 is 0 Å². The minimum Gasteiger partial charge on any atom is -0.256 e. The van der Waals surface area contributed by atoms with Crippen LogP contribution < -0.4 is 0 Å². The maximum absolute atomic E-state index is 5.21. The van der Waals surface area contributed by atoms with Crippen molar-refractivity contribution in [1.29, 1.82) is 0 Å². The summed E-state index contributed by atoms with van der Waals surface area (Å²) in [6, 6.07) is 187. The minimum absolute atomic E-state index is 0.384. The zero-order valence-electron chi connectivity index (χ0n) is 82.0. The Labute approximate surface area is 867 Å². The maximum Gasteiger partial charge on any atom is 0.0759 e. The number of nitrogens with zero attached hydrogens (tertiary/aromatic N) is 3. The highest BCUT2D eigenvalue weighted by atomic mass is 14.7. The largest absolute Gasteiger partial charge is 0.256 e. The van der Waals surface area contributed by atoms with Crippen LogP contribution in [0.5, 0.6) is 0 Å². The number of pyridine rings is 3. The van der Waals surface area contributed by atoms with Crippen LogP contribution in [-0.2, 0) is 16.2 Å². The molecule has 0 atom stereocenters. The van der Waals surface area contributed by atoms with Gasteiger partial charge in [-0.25, -0.2) is 0 Å². The van der Waals surface area contributed by atoms with E-state index in [1.165, 1.54) is 297 Å². The van der Waals surface area contributed by atoms with Crippen LogP contribution in [0.3, 0.4) is 0 Å². The Morgan fingerprint density at radius 3 is 0.933 bits per heavy atom. The molecule has 3 spiro atoms.